The number of methoxy groups -OCH3 is 1. The molecule has 0 saturated heterocycles. The van der Waals surface area contributed by atoms with Crippen molar-refractivity contribution in [3.8, 4) is 0 Å². The minimum atomic E-state index is -0.324. The largest absolute Gasteiger partial charge is 0.469 e. The molecule has 0 saturated carbocycles. The monoisotopic (exact) mass is 277 g/mol. The molecule has 0 aliphatic rings. The summed E-state index contributed by atoms with van der Waals surface area (Å²) >= 11 is 1.02. The van der Waals surface area contributed by atoms with Crippen LogP contribution in [0.5, 0.6) is 0 Å². The Hall–Kier alpha value is -2.28. The van der Waals surface area contributed by atoms with E-state index in [2.05, 4.69) is 19.6 Å². The number of benzene rings is 1. The fraction of sp³-hybridized carbons (Fsp3) is 0.167. The molecule has 6 nitrogen and oxygen atoms in total. The van der Waals surface area contributed by atoms with Crippen LogP contribution in [0, 0.1) is 0 Å². The van der Waals surface area contributed by atoms with Crippen LogP contribution in [0.15, 0.2) is 30.5 Å². The standard InChI is InChI=1S/C12H11N3O3S/c1-18-11(16)6-8-3-2-4-9(5-8)14-12(17)10-7-13-15-19-10/h2-5,7H,6H2,1H3,(H,14,17). The number of carbonyl (C=O) groups excluding carboxylic acids is 2. The zero-order valence-corrected chi connectivity index (χ0v) is 10.9. The third-order valence-electron chi connectivity index (χ3n) is 2.35. The molecule has 7 heteroatoms. The number of hydrogen-bond donors (Lipinski definition) is 1. The first kappa shape index (κ1) is 13.2. The molecule has 0 atom stereocenters. The van der Waals surface area contributed by atoms with Gasteiger partial charge in [0.15, 0.2) is 0 Å². The minimum absolute atomic E-state index is 0.169. The molecule has 0 aliphatic heterocycles. The van der Waals surface area contributed by atoms with E-state index >= 15 is 0 Å². The predicted octanol–water partition coefficient (Wildman–Crippen LogP) is 1.51. The second kappa shape index (κ2) is 6.05. The highest BCUT2D eigenvalue weighted by Crippen LogP contribution is 2.13. The van der Waals surface area contributed by atoms with E-state index in [4.69, 9.17) is 0 Å². The second-order valence-electron chi connectivity index (χ2n) is 3.69. The zero-order chi connectivity index (χ0) is 13.7. The summed E-state index contributed by atoms with van der Waals surface area (Å²) < 4.78 is 8.22. The van der Waals surface area contributed by atoms with E-state index in [9.17, 15) is 9.59 Å². The summed E-state index contributed by atoms with van der Waals surface area (Å²) in [4.78, 5) is 23.4. The van der Waals surface area contributed by atoms with Crippen molar-refractivity contribution in [3.63, 3.8) is 0 Å². The molecule has 0 fully saturated rings. The molecule has 1 N–H and O–H groups in total. The third-order valence-corrected chi connectivity index (χ3v) is 3.01. The molecule has 1 amide bonds. The topological polar surface area (TPSA) is 81.2 Å². The van der Waals surface area contributed by atoms with Crippen molar-refractivity contribution in [2.75, 3.05) is 12.4 Å². The molecule has 0 radical (unpaired) electrons. The molecule has 1 heterocycles. The van der Waals surface area contributed by atoms with Crippen LogP contribution in [0.1, 0.15) is 15.2 Å². The Morgan fingerprint density at radius 1 is 1.42 bits per heavy atom. The van der Waals surface area contributed by atoms with Crippen molar-refractivity contribution in [1.82, 2.24) is 9.59 Å². The van der Waals surface area contributed by atoms with Crippen LogP contribution in [0.3, 0.4) is 0 Å². The lowest BCUT2D eigenvalue weighted by Gasteiger charge is -2.05. The van der Waals surface area contributed by atoms with Gasteiger partial charge in [0.25, 0.3) is 5.91 Å². The van der Waals surface area contributed by atoms with Crippen molar-refractivity contribution in [2.45, 2.75) is 6.42 Å². The van der Waals surface area contributed by atoms with E-state index in [-0.39, 0.29) is 18.3 Å². The predicted molar refractivity (Wildman–Crippen MR) is 70.0 cm³/mol. The molecule has 0 spiro atoms. The van der Waals surface area contributed by atoms with Crippen LogP contribution in [0.4, 0.5) is 5.69 Å². The number of esters is 1. The number of nitrogens with zero attached hydrogens (tertiary/aromatic N) is 2. The van der Waals surface area contributed by atoms with Gasteiger partial charge in [0.05, 0.1) is 19.7 Å². The fourth-order valence-electron chi connectivity index (χ4n) is 1.46. The normalized spacial score (nSPS) is 9.95. The van der Waals surface area contributed by atoms with E-state index in [1.54, 1.807) is 24.3 Å². The first-order chi connectivity index (χ1) is 9.19. The number of carbonyl (C=O) groups is 2. The Balaban J connectivity index is 2.07. The molecule has 2 aromatic rings. The molecule has 0 bridgehead atoms. The first-order valence-corrected chi connectivity index (χ1v) is 6.21. The highest BCUT2D eigenvalue weighted by atomic mass is 32.1. The Morgan fingerprint density at radius 3 is 2.95 bits per heavy atom. The molecule has 98 valence electrons. The van der Waals surface area contributed by atoms with Crippen molar-refractivity contribution in [3.05, 3.63) is 40.9 Å². The zero-order valence-electron chi connectivity index (χ0n) is 10.1. The van der Waals surface area contributed by atoms with Gasteiger partial charge in [0, 0.05) is 5.69 Å². The number of aromatic nitrogens is 2. The van der Waals surface area contributed by atoms with Gasteiger partial charge < -0.3 is 10.1 Å². The fourth-order valence-corrected chi connectivity index (χ4v) is 1.87. The second-order valence-corrected chi connectivity index (χ2v) is 4.47. The van der Waals surface area contributed by atoms with E-state index in [1.807, 2.05) is 0 Å². The molecule has 1 aromatic heterocycles. The van der Waals surface area contributed by atoms with Crippen LogP contribution in [0.25, 0.3) is 0 Å². The van der Waals surface area contributed by atoms with Gasteiger partial charge in [-0.2, -0.15) is 0 Å². The average Bonchev–Trinajstić information content (AvgIpc) is 2.93. The van der Waals surface area contributed by atoms with Crippen LogP contribution in [0.2, 0.25) is 0 Å². The van der Waals surface area contributed by atoms with Crippen molar-refractivity contribution < 1.29 is 14.3 Å². The SMILES string of the molecule is COC(=O)Cc1cccc(NC(=O)c2cnns2)c1. The molecule has 19 heavy (non-hydrogen) atoms. The quantitative estimate of drug-likeness (QED) is 0.857. The van der Waals surface area contributed by atoms with Gasteiger partial charge in [-0.15, -0.1) is 5.10 Å². The van der Waals surface area contributed by atoms with Crippen LogP contribution in [-0.4, -0.2) is 28.6 Å². The Kier molecular flexibility index (Phi) is 4.19. The van der Waals surface area contributed by atoms with E-state index in [0.717, 1.165) is 17.1 Å². The Labute approximate surface area is 113 Å². The maximum Gasteiger partial charge on any atom is 0.309 e. The number of amides is 1. The van der Waals surface area contributed by atoms with Crippen LogP contribution >= 0.6 is 11.5 Å². The van der Waals surface area contributed by atoms with Gasteiger partial charge in [-0.3, -0.25) is 9.59 Å². The van der Waals surface area contributed by atoms with E-state index in [0.29, 0.717) is 10.6 Å². The van der Waals surface area contributed by atoms with E-state index in [1.165, 1.54) is 13.3 Å². The molecular formula is C12H11N3O3S. The highest BCUT2D eigenvalue weighted by Gasteiger charge is 2.09. The molecule has 0 unspecified atom stereocenters. The minimum Gasteiger partial charge on any atom is -0.469 e. The molecular weight excluding hydrogens is 266 g/mol. The molecule has 1 aromatic carbocycles. The number of hydrogen-bond acceptors (Lipinski definition) is 6. The maximum absolute atomic E-state index is 11.8. The van der Waals surface area contributed by atoms with Gasteiger partial charge in [0.1, 0.15) is 4.88 Å². The summed E-state index contributed by atoms with van der Waals surface area (Å²) in [5.41, 5.74) is 1.38. The third kappa shape index (κ3) is 3.59. The van der Waals surface area contributed by atoms with E-state index < -0.39 is 0 Å². The Morgan fingerprint density at radius 2 is 2.26 bits per heavy atom. The lowest BCUT2D eigenvalue weighted by atomic mass is 10.1. The number of anilines is 1. The summed E-state index contributed by atoms with van der Waals surface area (Å²) in [6.45, 7) is 0. The summed E-state index contributed by atoms with van der Waals surface area (Å²) in [5.74, 6) is -0.597. The summed E-state index contributed by atoms with van der Waals surface area (Å²) in [5, 5.41) is 6.31. The van der Waals surface area contributed by atoms with Crippen molar-refractivity contribution in [1.29, 1.82) is 0 Å². The van der Waals surface area contributed by atoms with Gasteiger partial charge >= 0.3 is 5.97 Å². The van der Waals surface area contributed by atoms with Crippen molar-refractivity contribution >= 4 is 29.1 Å². The van der Waals surface area contributed by atoms with Gasteiger partial charge in [-0.05, 0) is 29.2 Å². The Bertz CT molecular complexity index is 584. The lowest BCUT2D eigenvalue weighted by Crippen LogP contribution is -2.11. The molecule has 2 rings (SSSR count). The van der Waals surface area contributed by atoms with Crippen molar-refractivity contribution in [2.24, 2.45) is 0 Å². The van der Waals surface area contributed by atoms with Crippen LogP contribution < -0.4 is 5.32 Å². The maximum atomic E-state index is 11.8. The van der Waals surface area contributed by atoms with Gasteiger partial charge in [-0.1, -0.05) is 16.6 Å². The highest BCUT2D eigenvalue weighted by molar-refractivity contribution is 7.07. The van der Waals surface area contributed by atoms with Gasteiger partial charge in [-0.25, -0.2) is 0 Å². The number of nitrogens with one attached hydrogen (secondary N) is 1. The smallest absolute Gasteiger partial charge is 0.309 e. The summed E-state index contributed by atoms with van der Waals surface area (Å²) in [6, 6.07) is 7.02. The summed E-state index contributed by atoms with van der Waals surface area (Å²) in [7, 11) is 1.34. The number of rotatable bonds is 4. The first-order valence-electron chi connectivity index (χ1n) is 5.43. The number of ether oxygens (including phenoxy) is 1. The average molecular weight is 277 g/mol. The lowest BCUT2D eigenvalue weighted by molar-refractivity contribution is -0.139. The van der Waals surface area contributed by atoms with Gasteiger partial charge in [0.2, 0.25) is 0 Å². The van der Waals surface area contributed by atoms with Crippen LogP contribution in [-0.2, 0) is 16.0 Å². The molecule has 0 aliphatic carbocycles. The summed E-state index contributed by atoms with van der Waals surface area (Å²) in [6.07, 6.45) is 1.57.